The number of hydrogen-bond donors (Lipinski definition) is 1. The van der Waals surface area contributed by atoms with E-state index in [4.69, 9.17) is 18.9 Å². The van der Waals surface area contributed by atoms with Crippen LogP contribution in [-0.4, -0.2) is 44.6 Å². The molecular formula is C24H24N2O5S. The fourth-order valence-corrected chi connectivity index (χ4v) is 4.95. The predicted octanol–water partition coefficient (Wildman–Crippen LogP) is 4.03. The molecule has 3 aromatic rings. The third kappa shape index (κ3) is 4.03. The minimum atomic E-state index is -0.219. The van der Waals surface area contributed by atoms with E-state index in [-0.39, 0.29) is 18.1 Å². The smallest absolute Gasteiger partial charge is 0.270 e. The average Bonchev–Trinajstić information content (AvgIpc) is 3.53. The van der Waals surface area contributed by atoms with Crippen LogP contribution in [0.1, 0.15) is 28.9 Å². The minimum absolute atomic E-state index is 0.173. The van der Waals surface area contributed by atoms with Gasteiger partial charge >= 0.3 is 0 Å². The summed E-state index contributed by atoms with van der Waals surface area (Å²) in [5, 5.41) is 5.71. The first-order valence-electron chi connectivity index (χ1n) is 10.5. The van der Waals surface area contributed by atoms with E-state index in [1.54, 1.807) is 12.5 Å². The third-order valence-corrected chi connectivity index (χ3v) is 6.99. The number of fused-ring (bicyclic) bond motifs is 1. The molecule has 0 bridgehead atoms. The second-order valence-corrected chi connectivity index (χ2v) is 8.77. The van der Waals surface area contributed by atoms with Crippen LogP contribution in [0.3, 0.4) is 0 Å². The zero-order chi connectivity index (χ0) is 22.0. The maximum atomic E-state index is 12.9. The van der Waals surface area contributed by atoms with Crippen LogP contribution in [0.15, 0.2) is 47.8 Å². The Hall–Kier alpha value is -3.10. The van der Waals surface area contributed by atoms with Crippen LogP contribution in [0.4, 0.5) is 0 Å². The summed E-state index contributed by atoms with van der Waals surface area (Å²) in [6.45, 7) is 2.06. The standard InChI is InChI=1S/C24H24N2O5S/c1-28-18-5-2-16(3-6-18)23-26-19(13-32-23)22(27)25-14-24(8-10-29-11-9-24)17-4-7-20-21(12-17)31-15-30-20/h2-7,12-13H,8-11,14-15H2,1H3,(H,25,27). The summed E-state index contributed by atoms with van der Waals surface area (Å²) in [6, 6.07) is 13.7. The molecule has 1 aromatic heterocycles. The molecule has 0 atom stereocenters. The largest absolute Gasteiger partial charge is 0.497 e. The van der Waals surface area contributed by atoms with E-state index in [0.717, 1.165) is 46.2 Å². The Morgan fingerprint density at radius 3 is 2.69 bits per heavy atom. The molecule has 0 spiro atoms. The number of nitrogens with zero attached hydrogens (tertiary/aromatic N) is 1. The Morgan fingerprint density at radius 1 is 1.12 bits per heavy atom. The molecule has 5 rings (SSSR count). The van der Waals surface area contributed by atoms with Crippen molar-refractivity contribution in [2.75, 3.05) is 33.7 Å². The number of hydrogen-bond acceptors (Lipinski definition) is 7. The lowest BCUT2D eigenvalue weighted by atomic mass is 9.74. The van der Waals surface area contributed by atoms with Crippen molar-refractivity contribution in [2.24, 2.45) is 0 Å². The molecular weight excluding hydrogens is 428 g/mol. The minimum Gasteiger partial charge on any atom is -0.497 e. The van der Waals surface area contributed by atoms with Gasteiger partial charge in [0.1, 0.15) is 16.5 Å². The van der Waals surface area contributed by atoms with Crippen molar-refractivity contribution in [1.29, 1.82) is 0 Å². The van der Waals surface area contributed by atoms with Gasteiger partial charge in [-0.1, -0.05) is 6.07 Å². The van der Waals surface area contributed by atoms with Crippen LogP contribution in [0.5, 0.6) is 17.2 Å². The van der Waals surface area contributed by atoms with Crippen molar-refractivity contribution in [3.63, 3.8) is 0 Å². The number of benzene rings is 2. The number of methoxy groups -OCH3 is 1. The van der Waals surface area contributed by atoms with Crippen molar-refractivity contribution in [2.45, 2.75) is 18.3 Å². The Kier molecular flexibility index (Phi) is 5.71. The van der Waals surface area contributed by atoms with Gasteiger partial charge in [0.2, 0.25) is 6.79 Å². The van der Waals surface area contributed by atoms with Crippen LogP contribution >= 0.6 is 11.3 Å². The van der Waals surface area contributed by atoms with Gasteiger partial charge < -0.3 is 24.3 Å². The zero-order valence-corrected chi connectivity index (χ0v) is 18.6. The lowest BCUT2D eigenvalue weighted by molar-refractivity contribution is 0.0486. The first-order chi connectivity index (χ1) is 15.7. The molecule has 1 fully saturated rings. The van der Waals surface area contributed by atoms with E-state index < -0.39 is 0 Å². The fraction of sp³-hybridized carbons (Fsp3) is 0.333. The van der Waals surface area contributed by atoms with E-state index in [9.17, 15) is 4.79 Å². The molecule has 1 saturated heterocycles. The number of thiazole rings is 1. The first kappa shape index (κ1) is 20.8. The van der Waals surface area contributed by atoms with Crippen LogP contribution < -0.4 is 19.5 Å². The summed E-state index contributed by atoms with van der Waals surface area (Å²) < 4.78 is 21.8. The van der Waals surface area contributed by atoms with Crippen molar-refractivity contribution < 1.29 is 23.7 Å². The van der Waals surface area contributed by atoms with E-state index in [2.05, 4.69) is 16.4 Å². The monoisotopic (exact) mass is 452 g/mol. The lowest BCUT2D eigenvalue weighted by Crippen LogP contribution is -2.44. The summed E-state index contributed by atoms with van der Waals surface area (Å²) in [4.78, 5) is 17.5. The number of carbonyl (C=O) groups excluding carboxylic acids is 1. The van der Waals surface area contributed by atoms with Gasteiger partial charge in [-0.3, -0.25) is 4.79 Å². The van der Waals surface area contributed by atoms with Crippen LogP contribution in [-0.2, 0) is 10.2 Å². The summed E-state index contributed by atoms with van der Waals surface area (Å²) >= 11 is 1.45. The van der Waals surface area contributed by atoms with Gasteiger partial charge in [-0.05, 0) is 54.8 Å². The summed E-state index contributed by atoms with van der Waals surface area (Å²) in [6.07, 6.45) is 1.64. The van der Waals surface area contributed by atoms with Gasteiger partial charge in [0, 0.05) is 36.1 Å². The van der Waals surface area contributed by atoms with Crippen molar-refractivity contribution in [3.05, 3.63) is 59.1 Å². The van der Waals surface area contributed by atoms with Gasteiger partial charge in [0.15, 0.2) is 11.5 Å². The molecule has 0 saturated carbocycles. The number of ether oxygens (including phenoxy) is 4. The predicted molar refractivity (Wildman–Crippen MR) is 121 cm³/mol. The second kappa shape index (κ2) is 8.80. The number of amides is 1. The average molecular weight is 453 g/mol. The van der Waals surface area contributed by atoms with E-state index in [1.807, 2.05) is 36.4 Å². The quantitative estimate of drug-likeness (QED) is 0.609. The lowest BCUT2D eigenvalue weighted by Gasteiger charge is -2.38. The Balaban J connectivity index is 1.31. The van der Waals surface area contributed by atoms with E-state index >= 15 is 0 Å². The summed E-state index contributed by atoms with van der Waals surface area (Å²) in [7, 11) is 1.63. The highest BCUT2D eigenvalue weighted by Crippen LogP contribution is 2.40. The second-order valence-electron chi connectivity index (χ2n) is 7.91. The van der Waals surface area contributed by atoms with Gasteiger partial charge in [-0.2, -0.15) is 0 Å². The van der Waals surface area contributed by atoms with Gasteiger partial charge in [0.05, 0.1) is 7.11 Å². The highest BCUT2D eigenvalue weighted by atomic mass is 32.1. The first-order valence-corrected chi connectivity index (χ1v) is 11.4. The maximum absolute atomic E-state index is 12.9. The van der Waals surface area contributed by atoms with E-state index in [0.29, 0.717) is 25.5 Å². The molecule has 1 amide bonds. The van der Waals surface area contributed by atoms with Gasteiger partial charge in [-0.15, -0.1) is 11.3 Å². The highest BCUT2D eigenvalue weighted by molar-refractivity contribution is 7.13. The molecule has 7 nitrogen and oxygen atoms in total. The zero-order valence-electron chi connectivity index (χ0n) is 17.8. The van der Waals surface area contributed by atoms with E-state index in [1.165, 1.54) is 11.3 Å². The van der Waals surface area contributed by atoms with Crippen molar-refractivity contribution >= 4 is 17.2 Å². The number of rotatable bonds is 6. The Bertz CT molecular complexity index is 1110. The molecule has 1 N–H and O–H groups in total. The Morgan fingerprint density at radius 2 is 1.91 bits per heavy atom. The molecule has 0 aliphatic carbocycles. The summed E-state index contributed by atoms with van der Waals surface area (Å²) in [5.74, 6) is 2.12. The summed E-state index contributed by atoms with van der Waals surface area (Å²) in [5.41, 5.74) is 2.29. The van der Waals surface area contributed by atoms with Crippen LogP contribution in [0.2, 0.25) is 0 Å². The third-order valence-electron chi connectivity index (χ3n) is 6.10. The maximum Gasteiger partial charge on any atom is 0.270 e. The highest BCUT2D eigenvalue weighted by Gasteiger charge is 2.36. The Labute approximate surface area is 190 Å². The van der Waals surface area contributed by atoms with Crippen LogP contribution in [0, 0.1) is 0 Å². The normalized spacial score (nSPS) is 16.5. The molecule has 8 heteroatoms. The molecule has 2 aliphatic rings. The van der Waals surface area contributed by atoms with Crippen molar-refractivity contribution in [3.8, 4) is 27.8 Å². The number of aromatic nitrogens is 1. The molecule has 0 radical (unpaired) electrons. The molecule has 166 valence electrons. The molecule has 3 heterocycles. The van der Waals surface area contributed by atoms with Gasteiger partial charge in [0.25, 0.3) is 5.91 Å². The van der Waals surface area contributed by atoms with Crippen molar-refractivity contribution in [1.82, 2.24) is 10.3 Å². The molecule has 0 unspecified atom stereocenters. The number of carbonyl (C=O) groups is 1. The van der Waals surface area contributed by atoms with Crippen LogP contribution in [0.25, 0.3) is 10.6 Å². The molecule has 32 heavy (non-hydrogen) atoms. The van der Waals surface area contributed by atoms with Gasteiger partial charge in [-0.25, -0.2) is 4.98 Å². The molecule has 2 aromatic carbocycles. The topological polar surface area (TPSA) is 78.9 Å². The number of nitrogens with one attached hydrogen (secondary N) is 1. The SMILES string of the molecule is COc1ccc(-c2nc(C(=O)NCC3(c4ccc5c(c4)OCO5)CCOCC3)cs2)cc1. The molecule has 2 aliphatic heterocycles. The fourth-order valence-electron chi connectivity index (χ4n) is 4.14.